The van der Waals surface area contributed by atoms with Crippen LogP contribution in [-0.2, 0) is 11.2 Å². The smallest absolute Gasteiger partial charge is 0.270 e. The van der Waals surface area contributed by atoms with Crippen LogP contribution >= 0.6 is 0 Å². The SMILES string of the molecule is CC(C)c1nccc(C(=O)N[C@H]2C[C@H](C(=O)NCCc3ccn[nH]3)C[C@@H]2O)n1. The molecule has 28 heavy (non-hydrogen) atoms. The molecule has 2 amide bonds. The van der Waals surface area contributed by atoms with E-state index in [2.05, 4.69) is 30.8 Å². The molecule has 9 nitrogen and oxygen atoms in total. The fourth-order valence-electron chi connectivity index (χ4n) is 3.29. The number of carbonyl (C=O) groups is 2. The number of nitrogens with one attached hydrogen (secondary N) is 3. The van der Waals surface area contributed by atoms with Crippen LogP contribution in [0, 0.1) is 5.92 Å². The summed E-state index contributed by atoms with van der Waals surface area (Å²) in [5.41, 5.74) is 1.21. The number of aliphatic hydroxyl groups is 1. The summed E-state index contributed by atoms with van der Waals surface area (Å²) in [6, 6.07) is 2.92. The first-order chi connectivity index (χ1) is 13.4. The highest BCUT2D eigenvalue weighted by molar-refractivity contribution is 5.92. The zero-order valence-electron chi connectivity index (χ0n) is 16.1. The minimum atomic E-state index is -0.765. The Morgan fingerprint density at radius 1 is 1.29 bits per heavy atom. The van der Waals surface area contributed by atoms with E-state index in [1.165, 1.54) is 0 Å². The molecule has 0 unspecified atom stereocenters. The molecule has 0 bridgehead atoms. The molecule has 1 fully saturated rings. The summed E-state index contributed by atoms with van der Waals surface area (Å²) in [7, 11) is 0. The van der Waals surface area contributed by atoms with Gasteiger partial charge in [-0.15, -0.1) is 0 Å². The van der Waals surface area contributed by atoms with Gasteiger partial charge >= 0.3 is 0 Å². The van der Waals surface area contributed by atoms with E-state index in [4.69, 9.17) is 0 Å². The molecule has 1 aliphatic rings. The molecule has 2 heterocycles. The molecule has 3 rings (SSSR count). The summed E-state index contributed by atoms with van der Waals surface area (Å²) >= 11 is 0. The number of amides is 2. The van der Waals surface area contributed by atoms with E-state index in [-0.39, 0.29) is 29.3 Å². The van der Waals surface area contributed by atoms with Crippen LogP contribution in [-0.4, -0.2) is 55.8 Å². The molecule has 1 aliphatic carbocycles. The van der Waals surface area contributed by atoms with Crippen molar-refractivity contribution in [3.05, 3.63) is 41.7 Å². The van der Waals surface area contributed by atoms with Crippen LogP contribution in [0.1, 0.15) is 54.6 Å². The molecule has 3 atom stereocenters. The Bertz CT molecular complexity index is 808. The van der Waals surface area contributed by atoms with Gasteiger partial charge in [-0.25, -0.2) is 9.97 Å². The lowest BCUT2D eigenvalue weighted by Crippen LogP contribution is -2.40. The van der Waals surface area contributed by atoms with E-state index in [0.717, 1.165) is 5.69 Å². The third kappa shape index (κ3) is 4.92. The second-order valence-corrected chi connectivity index (χ2v) is 7.39. The Morgan fingerprint density at radius 3 is 2.82 bits per heavy atom. The number of H-pyrrole nitrogens is 1. The Labute approximate surface area is 163 Å². The highest BCUT2D eigenvalue weighted by atomic mass is 16.3. The lowest BCUT2D eigenvalue weighted by atomic mass is 10.1. The van der Waals surface area contributed by atoms with E-state index in [9.17, 15) is 14.7 Å². The monoisotopic (exact) mass is 386 g/mol. The van der Waals surface area contributed by atoms with Crippen molar-refractivity contribution in [2.24, 2.45) is 5.92 Å². The molecule has 0 saturated heterocycles. The molecule has 0 spiro atoms. The van der Waals surface area contributed by atoms with Crippen molar-refractivity contribution < 1.29 is 14.7 Å². The first kappa shape index (κ1) is 19.9. The van der Waals surface area contributed by atoms with Gasteiger partial charge in [0.1, 0.15) is 11.5 Å². The molecule has 4 N–H and O–H groups in total. The summed E-state index contributed by atoms with van der Waals surface area (Å²) in [6.45, 7) is 4.39. The van der Waals surface area contributed by atoms with E-state index in [0.29, 0.717) is 31.6 Å². The van der Waals surface area contributed by atoms with Gasteiger partial charge in [0.05, 0.1) is 12.1 Å². The number of aliphatic hydroxyl groups excluding tert-OH is 1. The summed E-state index contributed by atoms with van der Waals surface area (Å²) in [6.07, 6.45) is 3.83. The maximum atomic E-state index is 12.5. The van der Waals surface area contributed by atoms with Crippen molar-refractivity contribution in [1.82, 2.24) is 30.8 Å². The number of nitrogens with zero attached hydrogens (tertiary/aromatic N) is 3. The van der Waals surface area contributed by atoms with Gasteiger partial charge in [-0.1, -0.05) is 13.8 Å². The van der Waals surface area contributed by atoms with Crippen molar-refractivity contribution >= 4 is 11.8 Å². The third-order valence-corrected chi connectivity index (χ3v) is 4.89. The van der Waals surface area contributed by atoms with Gasteiger partial charge in [0.15, 0.2) is 0 Å². The van der Waals surface area contributed by atoms with Crippen LogP contribution in [0.25, 0.3) is 0 Å². The number of aromatic nitrogens is 4. The maximum Gasteiger partial charge on any atom is 0.270 e. The van der Waals surface area contributed by atoms with Gasteiger partial charge in [-0.05, 0) is 25.0 Å². The molecule has 2 aromatic heterocycles. The minimum Gasteiger partial charge on any atom is -0.391 e. The first-order valence-electron chi connectivity index (χ1n) is 9.52. The van der Waals surface area contributed by atoms with Gasteiger partial charge in [0, 0.05) is 42.9 Å². The average molecular weight is 386 g/mol. The molecule has 0 aliphatic heterocycles. The van der Waals surface area contributed by atoms with Crippen LogP contribution in [0.3, 0.4) is 0 Å². The maximum absolute atomic E-state index is 12.5. The van der Waals surface area contributed by atoms with Crippen molar-refractivity contribution in [2.45, 2.75) is 51.2 Å². The van der Waals surface area contributed by atoms with Crippen LogP contribution in [0.2, 0.25) is 0 Å². The van der Waals surface area contributed by atoms with Crippen molar-refractivity contribution in [2.75, 3.05) is 6.54 Å². The molecule has 9 heteroatoms. The molecular weight excluding hydrogens is 360 g/mol. The zero-order chi connectivity index (χ0) is 20.1. The summed E-state index contributed by atoms with van der Waals surface area (Å²) in [4.78, 5) is 33.3. The predicted molar refractivity (Wildman–Crippen MR) is 101 cm³/mol. The normalized spacial score (nSPS) is 21.6. The second kappa shape index (κ2) is 8.92. The molecule has 2 aromatic rings. The topological polar surface area (TPSA) is 133 Å². The summed E-state index contributed by atoms with van der Waals surface area (Å²) in [5.74, 6) is -0.111. The molecule has 1 saturated carbocycles. The summed E-state index contributed by atoms with van der Waals surface area (Å²) in [5, 5.41) is 22.7. The van der Waals surface area contributed by atoms with Crippen LogP contribution in [0.4, 0.5) is 0 Å². The Kier molecular flexibility index (Phi) is 6.35. The molecule has 0 radical (unpaired) electrons. The van der Waals surface area contributed by atoms with E-state index in [1.807, 2.05) is 19.9 Å². The van der Waals surface area contributed by atoms with Crippen molar-refractivity contribution in [3.63, 3.8) is 0 Å². The van der Waals surface area contributed by atoms with E-state index >= 15 is 0 Å². The van der Waals surface area contributed by atoms with Gasteiger partial charge < -0.3 is 15.7 Å². The molecule has 150 valence electrons. The van der Waals surface area contributed by atoms with Crippen LogP contribution in [0.5, 0.6) is 0 Å². The molecular formula is C19H26N6O3. The number of aromatic amines is 1. The number of hydrogen-bond donors (Lipinski definition) is 4. The number of hydrogen-bond acceptors (Lipinski definition) is 6. The first-order valence-corrected chi connectivity index (χ1v) is 9.52. The lowest BCUT2D eigenvalue weighted by molar-refractivity contribution is -0.125. The Balaban J connectivity index is 1.51. The minimum absolute atomic E-state index is 0.111. The fraction of sp³-hybridized carbons (Fsp3) is 0.526. The van der Waals surface area contributed by atoms with Gasteiger partial charge in [0.25, 0.3) is 5.91 Å². The largest absolute Gasteiger partial charge is 0.391 e. The van der Waals surface area contributed by atoms with Gasteiger partial charge in [-0.2, -0.15) is 5.10 Å². The third-order valence-electron chi connectivity index (χ3n) is 4.89. The number of carbonyl (C=O) groups excluding carboxylic acids is 2. The van der Waals surface area contributed by atoms with E-state index < -0.39 is 12.1 Å². The average Bonchev–Trinajstić information content (AvgIpc) is 3.32. The van der Waals surface area contributed by atoms with E-state index in [1.54, 1.807) is 18.5 Å². The second-order valence-electron chi connectivity index (χ2n) is 7.39. The van der Waals surface area contributed by atoms with Gasteiger partial charge in [-0.3, -0.25) is 14.7 Å². The number of rotatable bonds is 7. The standard InChI is InChI=1S/C19H26N6O3/c1-11(2)17-20-7-5-14(23-17)19(28)24-15-9-12(10-16(15)26)18(27)21-6-3-13-4-8-22-25-13/h4-5,7-8,11-12,15-16,26H,3,6,9-10H2,1-2H3,(H,21,27)(H,22,25)(H,24,28)/t12-,15-,16-/m0/s1. The molecule has 0 aromatic carbocycles. The highest BCUT2D eigenvalue weighted by Gasteiger charge is 2.37. The quantitative estimate of drug-likeness (QED) is 0.549. The predicted octanol–water partition coefficient (Wildman–Crippen LogP) is 0.551. The zero-order valence-corrected chi connectivity index (χ0v) is 16.1. The van der Waals surface area contributed by atoms with Crippen molar-refractivity contribution in [1.29, 1.82) is 0 Å². The Hall–Kier alpha value is -2.81. The summed E-state index contributed by atoms with van der Waals surface area (Å²) < 4.78 is 0. The fourth-order valence-corrected chi connectivity index (χ4v) is 3.29. The highest BCUT2D eigenvalue weighted by Crippen LogP contribution is 2.26. The van der Waals surface area contributed by atoms with Crippen molar-refractivity contribution in [3.8, 4) is 0 Å². The van der Waals surface area contributed by atoms with Crippen LogP contribution < -0.4 is 10.6 Å². The van der Waals surface area contributed by atoms with Gasteiger partial charge in [0.2, 0.25) is 5.91 Å². The Morgan fingerprint density at radius 2 is 2.11 bits per heavy atom. The van der Waals surface area contributed by atoms with Crippen LogP contribution in [0.15, 0.2) is 24.5 Å². The lowest BCUT2D eigenvalue weighted by Gasteiger charge is -2.16.